The molecule has 2 heterocycles. The van der Waals surface area contributed by atoms with Gasteiger partial charge in [0, 0.05) is 52.7 Å². The zero-order valence-electron chi connectivity index (χ0n) is 11.4. The van der Waals surface area contributed by atoms with Crippen LogP contribution in [0, 0.1) is 0 Å². The Hall–Kier alpha value is -0.460. The Morgan fingerprint density at radius 3 is 2.79 bits per heavy atom. The van der Waals surface area contributed by atoms with Crippen LogP contribution in [0.25, 0.3) is 0 Å². The summed E-state index contributed by atoms with van der Waals surface area (Å²) in [4.78, 5) is 8.60. The minimum absolute atomic E-state index is 0.612. The normalized spacial score (nSPS) is 21.0. The summed E-state index contributed by atoms with van der Waals surface area (Å²) in [5, 5.41) is 4.56. The van der Waals surface area contributed by atoms with E-state index in [2.05, 4.69) is 17.1 Å². The largest absolute Gasteiger partial charge is 0.346 e. The maximum atomic E-state index is 11.4. The monoisotopic (exact) mass is 299 g/mol. The summed E-state index contributed by atoms with van der Waals surface area (Å²) in [6.07, 6.45) is 2.60. The number of rotatable bonds is 5. The highest BCUT2D eigenvalue weighted by Gasteiger charge is 2.30. The molecule has 1 aliphatic carbocycles. The minimum Gasteiger partial charge on any atom is -0.346 e. The molecule has 19 heavy (non-hydrogen) atoms. The van der Waals surface area contributed by atoms with Gasteiger partial charge in [0.2, 0.25) is 0 Å². The molecule has 106 valence electrons. The van der Waals surface area contributed by atoms with Crippen molar-refractivity contribution < 1.29 is 4.21 Å². The average molecular weight is 299 g/mol. The molecule has 2 fully saturated rings. The Labute approximate surface area is 121 Å². The lowest BCUT2D eigenvalue weighted by atomic mass is 10.2. The molecule has 1 aromatic rings. The zero-order valence-corrected chi connectivity index (χ0v) is 13.0. The first-order valence-corrected chi connectivity index (χ1v) is 9.38. The van der Waals surface area contributed by atoms with E-state index in [1.165, 1.54) is 23.4 Å². The summed E-state index contributed by atoms with van der Waals surface area (Å²) in [6.45, 7) is 5.87. The second-order valence-corrected chi connectivity index (χ2v) is 7.95. The molecule has 1 saturated heterocycles. The van der Waals surface area contributed by atoms with Gasteiger partial charge in [-0.2, -0.15) is 0 Å². The lowest BCUT2D eigenvalue weighted by Crippen LogP contribution is -2.37. The molecule has 0 aromatic carbocycles. The molecular formula is C13H21N3OS2. The molecule has 3 rings (SSSR count). The van der Waals surface area contributed by atoms with Gasteiger partial charge < -0.3 is 10.2 Å². The first-order valence-electron chi connectivity index (χ1n) is 7.08. The average Bonchev–Trinajstić information content (AvgIpc) is 3.18. The van der Waals surface area contributed by atoms with Crippen LogP contribution in [0.2, 0.25) is 0 Å². The van der Waals surface area contributed by atoms with E-state index in [1.807, 2.05) is 11.3 Å². The molecule has 0 amide bonds. The van der Waals surface area contributed by atoms with Gasteiger partial charge >= 0.3 is 0 Å². The van der Waals surface area contributed by atoms with Crippen molar-refractivity contribution in [2.45, 2.75) is 32.2 Å². The van der Waals surface area contributed by atoms with Gasteiger partial charge in [-0.25, -0.2) is 4.98 Å². The van der Waals surface area contributed by atoms with Crippen LogP contribution in [0.15, 0.2) is 0 Å². The maximum Gasteiger partial charge on any atom is 0.185 e. The number of anilines is 1. The fourth-order valence-electron chi connectivity index (χ4n) is 2.36. The summed E-state index contributed by atoms with van der Waals surface area (Å²) in [5.41, 5.74) is 1.33. The molecule has 6 heteroatoms. The van der Waals surface area contributed by atoms with E-state index in [-0.39, 0.29) is 0 Å². The molecule has 0 radical (unpaired) electrons. The van der Waals surface area contributed by atoms with Gasteiger partial charge in [0.15, 0.2) is 5.13 Å². The molecule has 1 aliphatic heterocycles. The second-order valence-electron chi connectivity index (χ2n) is 5.19. The van der Waals surface area contributed by atoms with Crippen LogP contribution in [0.3, 0.4) is 0 Å². The SMILES string of the molecule is CCNCc1sc(N2CCS(=O)CC2)nc1C1CC1. The highest BCUT2D eigenvalue weighted by atomic mass is 32.2. The van der Waals surface area contributed by atoms with Crippen LogP contribution in [0.1, 0.15) is 36.3 Å². The van der Waals surface area contributed by atoms with Crippen molar-refractivity contribution in [3.05, 3.63) is 10.6 Å². The molecule has 1 saturated carbocycles. The van der Waals surface area contributed by atoms with Gasteiger partial charge in [0.05, 0.1) is 5.69 Å². The number of aromatic nitrogens is 1. The van der Waals surface area contributed by atoms with Crippen molar-refractivity contribution in [1.82, 2.24) is 10.3 Å². The van der Waals surface area contributed by atoms with Crippen molar-refractivity contribution >= 4 is 27.3 Å². The summed E-state index contributed by atoms with van der Waals surface area (Å²) >= 11 is 1.83. The van der Waals surface area contributed by atoms with Crippen LogP contribution in [-0.4, -0.2) is 40.3 Å². The predicted molar refractivity (Wildman–Crippen MR) is 81.6 cm³/mol. The topological polar surface area (TPSA) is 45.2 Å². The van der Waals surface area contributed by atoms with Crippen molar-refractivity contribution in [2.24, 2.45) is 0 Å². The second kappa shape index (κ2) is 5.89. The van der Waals surface area contributed by atoms with Crippen LogP contribution < -0.4 is 10.2 Å². The van der Waals surface area contributed by atoms with Crippen LogP contribution in [0.5, 0.6) is 0 Å². The lowest BCUT2D eigenvalue weighted by Gasteiger charge is -2.25. The number of nitrogens with zero attached hydrogens (tertiary/aromatic N) is 2. The Bertz CT molecular complexity index is 460. The summed E-state index contributed by atoms with van der Waals surface area (Å²) in [7, 11) is -0.612. The zero-order chi connectivity index (χ0) is 13.2. The van der Waals surface area contributed by atoms with Gasteiger partial charge in [-0.05, 0) is 19.4 Å². The smallest absolute Gasteiger partial charge is 0.185 e. The number of nitrogens with one attached hydrogen (secondary N) is 1. The van der Waals surface area contributed by atoms with Gasteiger partial charge in [-0.1, -0.05) is 6.92 Å². The fraction of sp³-hybridized carbons (Fsp3) is 0.769. The van der Waals surface area contributed by atoms with Crippen molar-refractivity contribution in [3.63, 3.8) is 0 Å². The van der Waals surface area contributed by atoms with Crippen molar-refractivity contribution in [1.29, 1.82) is 0 Å². The first kappa shape index (κ1) is 13.5. The summed E-state index contributed by atoms with van der Waals surface area (Å²) < 4.78 is 11.4. The molecule has 2 aliphatic rings. The van der Waals surface area contributed by atoms with Gasteiger partial charge in [-0.3, -0.25) is 4.21 Å². The van der Waals surface area contributed by atoms with Gasteiger partial charge in [0.25, 0.3) is 0 Å². The van der Waals surface area contributed by atoms with E-state index in [4.69, 9.17) is 4.98 Å². The Kier molecular flexibility index (Phi) is 4.19. The molecule has 0 spiro atoms. The lowest BCUT2D eigenvalue weighted by molar-refractivity contribution is 0.673. The van der Waals surface area contributed by atoms with Crippen LogP contribution in [-0.2, 0) is 17.3 Å². The molecule has 0 atom stereocenters. The highest BCUT2D eigenvalue weighted by Crippen LogP contribution is 2.44. The minimum atomic E-state index is -0.612. The van der Waals surface area contributed by atoms with E-state index >= 15 is 0 Å². The standard InChI is InChI=1S/C13H21N3OS2/c1-2-14-9-11-12(10-3-4-10)15-13(18-11)16-5-7-19(17)8-6-16/h10,14H,2-9H2,1H3. The predicted octanol–water partition coefficient (Wildman–Crippen LogP) is 1.70. The van der Waals surface area contributed by atoms with Crippen LogP contribution >= 0.6 is 11.3 Å². The number of hydrogen-bond acceptors (Lipinski definition) is 5. The molecule has 0 unspecified atom stereocenters. The third kappa shape index (κ3) is 3.17. The summed E-state index contributed by atoms with van der Waals surface area (Å²) in [6, 6.07) is 0. The quantitative estimate of drug-likeness (QED) is 0.899. The maximum absolute atomic E-state index is 11.4. The molecule has 0 bridgehead atoms. The van der Waals surface area contributed by atoms with E-state index in [9.17, 15) is 4.21 Å². The number of hydrogen-bond donors (Lipinski definition) is 1. The number of thiazole rings is 1. The Balaban J connectivity index is 1.75. The Morgan fingerprint density at radius 1 is 1.42 bits per heavy atom. The van der Waals surface area contributed by atoms with E-state index in [1.54, 1.807) is 0 Å². The highest BCUT2D eigenvalue weighted by molar-refractivity contribution is 7.85. The molecule has 1 aromatic heterocycles. The van der Waals surface area contributed by atoms with Gasteiger partial charge in [0.1, 0.15) is 0 Å². The summed E-state index contributed by atoms with van der Waals surface area (Å²) in [5.74, 6) is 2.29. The first-order chi connectivity index (χ1) is 9.28. The molecule has 1 N–H and O–H groups in total. The third-order valence-corrected chi connectivity index (χ3v) is 6.07. The third-order valence-electron chi connectivity index (χ3n) is 3.66. The molecule has 4 nitrogen and oxygen atoms in total. The van der Waals surface area contributed by atoms with Crippen molar-refractivity contribution in [2.75, 3.05) is 36.0 Å². The van der Waals surface area contributed by atoms with E-state index in [0.29, 0.717) is 5.92 Å². The van der Waals surface area contributed by atoms with Crippen molar-refractivity contribution in [3.8, 4) is 0 Å². The fourth-order valence-corrected chi connectivity index (χ4v) is 4.58. The Morgan fingerprint density at radius 2 is 2.16 bits per heavy atom. The van der Waals surface area contributed by atoms with Crippen LogP contribution in [0.4, 0.5) is 5.13 Å². The van der Waals surface area contributed by atoms with Gasteiger partial charge in [-0.15, -0.1) is 11.3 Å². The van der Waals surface area contributed by atoms with E-state index < -0.39 is 10.8 Å². The van der Waals surface area contributed by atoms with E-state index in [0.717, 1.165) is 42.8 Å². The molecular weight excluding hydrogens is 278 g/mol.